The molecule has 5 heteroatoms. The second-order valence-electron chi connectivity index (χ2n) is 6.14. The van der Waals surface area contributed by atoms with Crippen molar-refractivity contribution in [1.29, 1.82) is 5.26 Å². The first kappa shape index (κ1) is 14.7. The summed E-state index contributed by atoms with van der Waals surface area (Å²) in [5.41, 5.74) is 5.14. The average molecular weight is 318 g/mol. The van der Waals surface area contributed by atoms with E-state index in [9.17, 15) is 5.11 Å². The van der Waals surface area contributed by atoms with Gasteiger partial charge in [-0.25, -0.2) is 0 Å². The van der Waals surface area contributed by atoms with Gasteiger partial charge in [-0.15, -0.1) is 0 Å². The van der Waals surface area contributed by atoms with E-state index in [1.165, 1.54) is 5.56 Å². The maximum atomic E-state index is 10.3. The summed E-state index contributed by atoms with van der Waals surface area (Å²) in [4.78, 5) is 10.2. The van der Waals surface area contributed by atoms with Gasteiger partial charge in [-0.2, -0.15) is 5.26 Å². The number of aromatic nitrogens is 2. The molecule has 0 aliphatic carbocycles. The van der Waals surface area contributed by atoms with Crippen LogP contribution in [0.5, 0.6) is 5.88 Å². The monoisotopic (exact) mass is 318 g/mol. The number of aromatic amines is 1. The molecule has 0 saturated carbocycles. The number of hydrogen-bond donors (Lipinski definition) is 2. The minimum absolute atomic E-state index is 0.0959. The van der Waals surface area contributed by atoms with Crippen molar-refractivity contribution >= 4 is 10.9 Å². The number of likely N-dealkylation sites (N-methyl/N-ethyl adjacent to an activating group) is 1. The Morgan fingerprint density at radius 2 is 2.21 bits per heavy atom. The van der Waals surface area contributed by atoms with Crippen molar-refractivity contribution in [1.82, 2.24) is 14.9 Å². The molecule has 2 aromatic heterocycles. The summed E-state index contributed by atoms with van der Waals surface area (Å²) in [6.45, 7) is 5.15. The molecular formula is C19H18N4O. The molecule has 4 rings (SSSR count). The Labute approximate surface area is 140 Å². The van der Waals surface area contributed by atoms with E-state index in [2.05, 4.69) is 28.9 Å². The van der Waals surface area contributed by atoms with Crippen LogP contribution >= 0.6 is 0 Å². The summed E-state index contributed by atoms with van der Waals surface area (Å²) in [5.74, 6) is 0.0959. The fourth-order valence-electron chi connectivity index (χ4n) is 3.39. The highest BCUT2D eigenvalue weighted by atomic mass is 16.3. The standard InChI is InChI=1S/C19H18N4O/c1-2-23-8-7-15-13(11-23)4-6-17(21-15)18-14-9-12(10-20)3-5-16(14)22-19(18)24/h3-6,9,22,24H,2,7-8,11H2,1H3. The first-order valence-electron chi connectivity index (χ1n) is 8.16. The number of hydrogen-bond acceptors (Lipinski definition) is 4. The number of rotatable bonds is 2. The van der Waals surface area contributed by atoms with Crippen LogP contribution in [0.25, 0.3) is 22.2 Å². The van der Waals surface area contributed by atoms with Crippen LogP contribution in [0, 0.1) is 11.3 Å². The smallest absolute Gasteiger partial charge is 0.199 e. The van der Waals surface area contributed by atoms with Gasteiger partial charge in [-0.05, 0) is 36.4 Å². The molecule has 0 fully saturated rings. The molecule has 0 spiro atoms. The van der Waals surface area contributed by atoms with E-state index in [1.54, 1.807) is 12.1 Å². The van der Waals surface area contributed by atoms with E-state index in [1.807, 2.05) is 12.1 Å². The van der Waals surface area contributed by atoms with Crippen molar-refractivity contribution in [3.05, 3.63) is 47.2 Å². The number of fused-ring (bicyclic) bond motifs is 2. The Morgan fingerprint density at radius 3 is 3.00 bits per heavy atom. The van der Waals surface area contributed by atoms with Crippen molar-refractivity contribution in [2.24, 2.45) is 0 Å². The Hall–Kier alpha value is -2.84. The third-order valence-corrected chi connectivity index (χ3v) is 4.74. The molecule has 5 nitrogen and oxygen atoms in total. The van der Waals surface area contributed by atoms with Gasteiger partial charge in [0.05, 0.1) is 22.9 Å². The number of nitrogens with zero attached hydrogens (tertiary/aromatic N) is 3. The molecule has 24 heavy (non-hydrogen) atoms. The lowest BCUT2D eigenvalue weighted by Gasteiger charge is -2.27. The SMILES string of the molecule is CCN1CCc2nc(-c3c(O)[nH]c4ccc(C#N)cc34)ccc2C1. The molecule has 0 bridgehead atoms. The third-order valence-electron chi connectivity index (χ3n) is 4.74. The number of benzene rings is 1. The Bertz CT molecular complexity index is 967. The van der Waals surface area contributed by atoms with Crippen LogP contribution in [0.3, 0.4) is 0 Å². The average Bonchev–Trinajstić information content (AvgIpc) is 2.95. The number of pyridine rings is 1. The van der Waals surface area contributed by atoms with Gasteiger partial charge >= 0.3 is 0 Å². The van der Waals surface area contributed by atoms with Crippen molar-refractivity contribution in [3.8, 4) is 23.2 Å². The highest BCUT2D eigenvalue weighted by Gasteiger charge is 2.19. The molecular weight excluding hydrogens is 300 g/mol. The Balaban J connectivity index is 1.84. The van der Waals surface area contributed by atoms with Crippen molar-refractivity contribution in [2.75, 3.05) is 13.1 Å². The predicted octanol–water partition coefficient (Wildman–Crippen LogP) is 3.19. The fraction of sp³-hybridized carbons (Fsp3) is 0.263. The van der Waals surface area contributed by atoms with Gasteiger partial charge < -0.3 is 10.1 Å². The fourth-order valence-corrected chi connectivity index (χ4v) is 3.39. The van der Waals surface area contributed by atoms with E-state index in [0.29, 0.717) is 11.1 Å². The van der Waals surface area contributed by atoms with E-state index >= 15 is 0 Å². The lowest BCUT2D eigenvalue weighted by Crippen LogP contribution is -2.30. The minimum Gasteiger partial charge on any atom is -0.494 e. The first-order valence-corrected chi connectivity index (χ1v) is 8.16. The second kappa shape index (κ2) is 5.66. The maximum absolute atomic E-state index is 10.3. The summed E-state index contributed by atoms with van der Waals surface area (Å²) < 4.78 is 0. The molecule has 0 radical (unpaired) electrons. The number of H-pyrrole nitrogens is 1. The zero-order valence-electron chi connectivity index (χ0n) is 13.5. The van der Waals surface area contributed by atoms with E-state index in [4.69, 9.17) is 10.2 Å². The number of aromatic hydroxyl groups is 1. The van der Waals surface area contributed by atoms with Crippen LogP contribution in [0.15, 0.2) is 30.3 Å². The van der Waals surface area contributed by atoms with Gasteiger partial charge in [0.15, 0.2) is 5.88 Å². The lowest BCUT2D eigenvalue weighted by molar-refractivity contribution is 0.266. The summed E-state index contributed by atoms with van der Waals surface area (Å²) in [5, 5.41) is 20.3. The molecule has 3 aromatic rings. The van der Waals surface area contributed by atoms with Gasteiger partial charge in [0.2, 0.25) is 0 Å². The molecule has 2 N–H and O–H groups in total. The lowest BCUT2D eigenvalue weighted by atomic mass is 10.0. The van der Waals surface area contributed by atoms with Crippen LogP contribution in [0.1, 0.15) is 23.7 Å². The summed E-state index contributed by atoms with van der Waals surface area (Å²) in [7, 11) is 0. The highest BCUT2D eigenvalue weighted by Crippen LogP contribution is 2.36. The largest absolute Gasteiger partial charge is 0.494 e. The van der Waals surface area contributed by atoms with Crippen LogP contribution in [0.2, 0.25) is 0 Å². The van der Waals surface area contributed by atoms with Crippen LogP contribution in [-0.2, 0) is 13.0 Å². The normalized spacial score (nSPS) is 14.5. The Kier molecular flexibility index (Phi) is 3.47. The summed E-state index contributed by atoms with van der Waals surface area (Å²) in [6.07, 6.45) is 0.920. The van der Waals surface area contributed by atoms with E-state index in [-0.39, 0.29) is 5.88 Å². The zero-order chi connectivity index (χ0) is 16.7. The van der Waals surface area contributed by atoms with Gasteiger partial charge in [0.1, 0.15) is 0 Å². The third kappa shape index (κ3) is 2.32. The number of nitrogens with one attached hydrogen (secondary N) is 1. The van der Waals surface area contributed by atoms with Gasteiger partial charge in [-0.3, -0.25) is 9.88 Å². The molecule has 1 aliphatic rings. The topological polar surface area (TPSA) is 75.9 Å². The molecule has 0 amide bonds. The molecule has 1 aliphatic heterocycles. The van der Waals surface area contributed by atoms with Gasteiger partial charge in [0, 0.05) is 36.1 Å². The number of nitriles is 1. The van der Waals surface area contributed by atoms with Crippen molar-refractivity contribution in [2.45, 2.75) is 19.9 Å². The van der Waals surface area contributed by atoms with Crippen LogP contribution in [0.4, 0.5) is 0 Å². The predicted molar refractivity (Wildman–Crippen MR) is 92.6 cm³/mol. The minimum atomic E-state index is 0.0959. The van der Waals surface area contributed by atoms with Crippen LogP contribution < -0.4 is 0 Å². The van der Waals surface area contributed by atoms with Crippen molar-refractivity contribution < 1.29 is 5.11 Å². The van der Waals surface area contributed by atoms with Crippen LogP contribution in [-0.4, -0.2) is 33.1 Å². The summed E-state index contributed by atoms with van der Waals surface area (Å²) in [6, 6.07) is 11.6. The molecule has 0 unspecified atom stereocenters. The molecule has 120 valence electrons. The van der Waals surface area contributed by atoms with Gasteiger partial charge in [0.25, 0.3) is 0 Å². The maximum Gasteiger partial charge on any atom is 0.199 e. The van der Waals surface area contributed by atoms with E-state index in [0.717, 1.165) is 48.3 Å². The second-order valence-corrected chi connectivity index (χ2v) is 6.14. The molecule has 1 aromatic carbocycles. The molecule has 3 heterocycles. The van der Waals surface area contributed by atoms with Gasteiger partial charge in [-0.1, -0.05) is 13.0 Å². The highest BCUT2D eigenvalue weighted by molar-refractivity contribution is 5.98. The van der Waals surface area contributed by atoms with Crippen molar-refractivity contribution in [3.63, 3.8) is 0 Å². The Morgan fingerprint density at radius 1 is 1.33 bits per heavy atom. The quantitative estimate of drug-likeness (QED) is 0.761. The molecule has 0 saturated heterocycles. The zero-order valence-corrected chi connectivity index (χ0v) is 13.5. The summed E-state index contributed by atoms with van der Waals surface area (Å²) >= 11 is 0. The van der Waals surface area contributed by atoms with E-state index < -0.39 is 0 Å². The molecule has 0 atom stereocenters. The first-order chi connectivity index (χ1) is 11.7.